The van der Waals surface area contributed by atoms with Gasteiger partial charge in [0.25, 0.3) is 0 Å². The van der Waals surface area contributed by atoms with Gasteiger partial charge in [-0.15, -0.1) is 0 Å². The van der Waals surface area contributed by atoms with Gasteiger partial charge in [-0.25, -0.2) is 9.78 Å². The number of carbonyl (C=O) groups excluding carboxylic acids is 1. The minimum absolute atomic E-state index is 0.192. The Balaban J connectivity index is 2.20. The molecule has 1 heterocycles. The SMILES string of the molecule is Cc1ccc(-c2cc(C(=O)OC(C)C)c3cc(Cl)ccc3n2)cc1. The molecule has 2 aromatic carbocycles. The van der Waals surface area contributed by atoms with Gasteiger partial charge in [-0.3, -0.25) is 0 Å². The van der Waals surface area contributed by atoms with Crippen LogP contribution in [0.1, 0.15) is 29.8 Å². The summed E-state index contributed by atoms with van der Waals surface area (Å²) in [7, 11) is 0. The van der Waals surface area contributed by atoms with Crippen LogP contribution >= 0.6 is 11.6 Å². The summed E-state index contributed by atoms with van der Waals surface area (Å²) in [6.45, 7) is 5.69. The lowest BCUT2D eigenvalue weighted by molar-refractivity contribution is 0.0380. The van der Waals surface area contributed by atoms with Crippen LogP contribution in [0.3, 0.4) is 0 Å². The van der Waals surface area contributed by atoms with Gasteiger partial charge in [-0.2, -0.15) is 0 Å². The first-order valence-electron chi connectivity index (χ1n) is 7.82. The first kappa shape index (κ1) is 16.5. The number of ether oxygens (including phenoxy) is 1. The summed E-state index contributed by atoms with van der Waals surface area (Å²) >= 11 is 6.10. The van der Waals surface area contributed by atoms with Crippen LogP contribution in [0.25, 0.3) is 22.2 Å². The largest absolute Gasteiger partial charge is 0.459 e. The maximum Gasteiger partial charge on any atom is 0.339 e. The van der Waals surface area contributed by atoms with E-state index in [1.165, 1.54) is 5.56 Å². The second-order valence-corrected chi connectivity index (χ2v) is 6.47. The van der Waals surface area contributed by atoms with E-state index >= 15 is 0 Å². The number of pyridine rings is 1. The molecule has 3 nitrogen and oxygen atoms in total. The molecule has 0 bridgehead atoms. The molecule has 0 aliphatic rings. The number of esters is 1. The van der Waals surface area contributed by atoms with E-state index in [9.17, 15) is 4.79 Å². The molecule has 4 heteroatoms. The molecular weight excluding hydrogens is 322 g/mol. The fourth-order valence-electron chi connectivity index (χ4n) is 2.52. The molecule has 0 radical (unpaired) electrons. The normalized spacial score (nSPS) is 11.0. The van der Waals surface area contributed by atoms with Crippen molar-refractivity contribution in [2.75, 3.05) is 0 Å². The van der Waals surface area contributed by atoms with Crippen molar-refractivity contribution in [3.05, 3.63) is 64.7 Å². The minimum Gasteiger partial charge on any atom is -0.459 e. The predicted octanol–water partition coefficient (Wildman–Crippen LogP) is 5.43. The van der Waals surface area contributed by atoms with E-state index in [0.717, 1.165) is 11.3 Å². The Morgan fingerprint density at radius 1 is 1.08 bits per heavy atom. The minimum atomic E-state index is -0.368. The topological polar surface area (TPSA) is 39.2 Å². The number of aromatic nitrogens is 1. The van der Waals surface area contributed by atoms with E-state index in [0.29, 0.717) is 21.5 Å². The lowest BCUT2D eigenvalue weighted by Crippen LogP contribution is -2.12. The standard InChI is InChI=1S/C20H18ClNO2/c1-12(2)24-20(23)17-11-19(14-6-4-13(3)5-7-14)22-18-9-8-15(21)10-16(17)18/h4-12H,1-3H3. The highest BCUT2D eigenvalue weighted by atomic mass is 35.5. The number of rotatable bonds is 3. The van der Waals surface area contributed by atoms with E-state index in [-0.39, 0.29) is 12.1 Å². The third kappa shape index (κ3) is 3.41. The van der Waals surface area contributed by atoms with E-state index in [2.05, 4.69) is 4.98 Å². The van der Waals surface area contributed by atoms with Gasteiger partial charge in [0.2, 0.25) is 0 Å². The zero-order valence-electron chi connectivity index (χ0n) is 13.8. The summed E-state index contributed by atoms with van der Waals surface area (Å²) < 4.78 is 5.38. The number of benzene rings is 2. The first-order chi connectivity index (χ1) is 11.4. The first-order valence-corrected chi connectivity index (χ1v) is 8.20. The van der Waals surface area contributed by atoms with Crippen LogP contribution in [-0.4, -0.2) is 17.1 Å². The molecule has 0 spiro atoms. The maximum atomic E-state index is 12.5. The highest BCUT2D eigenvalue weighted by molar-refractivity contribution is 6.31. The molecule has 3 rings (SSSR count). The molecule has 0 aliphatic heterocycles. The summed E-state index contributed by atoms with van der Waals surface area (Å²) in [4.78, 5) is 17.2. The molecule has 122 valence electrons. The second kappa shape index (κ2) is 6.62. The van der Waals surface area contributed by atoms with Crippen LogP contribution in [-0.2, 0) is 4.74 Å². The average Bonchev–Trinajstić information content (AvgIpc) is 2.54. The molecule has 0 aliphatic carbocycles. The number of carbonyl (C=O) groups is 1. The molecule has 3 aromatic rings. The Morgan fingerprint density at radius 3 is 2.46 bits per heavy atom. The zero-order valence-corrected chi connectivity index (χ0v) is 14.6. The molecule has 0 atom stereocenters. The van der Waals surface area contributed by atoms with Crippen molar-refractivity contribution in [2.45, 2.75) is 26.9 Å². The van der Waals surface area contributed by atoms with Crippen LogP contribution in [0.4, 0.5) is 0 Å². The summed E-state index contributed by atoms with van der Waals surface area (Å²) in [5.41, 5.74) is 4.06. The van der Waals surface area contributed by atoms with Gasteiger partial charge < -0.3 is 4.74 Å². The van der Waals surface area contributed by atoms with Crippen molar-refractivity contribution in [1.82, 2.24) is 4.98 Å². The monoisotopic (exact) mass is 339 g/mol. The molecule has 0 amide bonds. The van der Waals surface area contributed by atoms with E-state index in [1.54, 1.807) is 18.2 Å². The Bertz CT molecular complexity index is 901. The van der Waals surface area contributed by atoms with Crippen LogP contribution in [0.15, 0.2) is 48.5 Å². The molecule has 1 aromatic heterocycles. The van der Waals surface area contributed by atoms with Crippen LogP contribution < -0.4 is 0 Å². The lowest BCUT2D eigenvalue weighted by atomic mass is 10.0. The van der Waals surface area contributed by atoms with Gasteiger partial charge in [0.1, 0.15) is 0 Å². The molecule has 24 heavy (non-hydrogen) atoms. The Morgan fingerprint density at radius 2 is 1.79 bits per heavy atom. The number of hydrogen-bond donors (Lipinski definition) is 0. The number of fused-ring (bicyclic) bond motifs is 1. The van der Waals surface area contributed by atoms with Crippen molar-refractivity contribution < 1.29 is 9.53 Å². The smallest absolute Gasteiger partial charge is 0.339 e. The average molecular weight is 340 g/mol. The van der Waals surface area contributed by atoms with Gasteiger partial charge in [-0.05, 0) is 45.0 Å². The van der Waals surface area contributed by atoms with E-state index in [1.807, 2.05) is 51.1 Å². The van der Waals surface area contributed by atoms with Gasteiger partial charge in [0.05, 0.1) is 22.9 Å². The van der Waals surface area contributed by atoms with Crippen LogP contribution in [0.2, 0.25) is 5.02 Å². The highest BCUT2D eigenvalue weighted by Gasteiger charge is 2.16. The van der Waals surface area contributed by atoms with Crippen LogP contribution in [0, 0.1) is 6.92 Å². The molecule has 0 fully saturated rings. The summed E-state index contributed by atoms with van der Waals surface area (Å²) in [6, 6.07) is 15.2. The van der Waals surface area contributed by atoms with Crippen molar-refractivity contribution in [2.24, 2.45) is 0 Å². The number of nitrogens with zero attached hydrogens (tertiary/aromatic N) is 1. The van der Waals surface area contributed by atoms with E-state index < -0.39 is 0 Å². The summed E-state index contributed by atoms with van der Waals surface area (Å²) in [5.74, 6) is -0.368. The molecule has 0 N–H and O–H groups in total. The van der Waals surface area contributed by atoms with Crippen molar-refractivity contribution in [3.8, 4) is 11.3 Å². The number of aryl methyl sites for hydroxylation is 1. The summed E-state index contributed by atoms with van der Waals surface area (Å²) in [5, 5.41) is 1.26. The molecule has 0 unspecified atom stereocenters. The molecular formula is C20H18ClNO2. The lowest BCUT2D eigenvalue weighted by Gasteiger charge is -2.12. The van der Waals surface area contributed by atoms with Crippen molar-refractivity contribution >= 4 is 28.5 Å². The van der Waals surface area contributed by atoms with Gasteiger partial charge in [0, 0.05) is 16.0 Å². The third-order valence-electron chi connectivity index (χ3n) is 3.68. The fraction of sp³-hybridized carbons (Fsp3) is 0.200. The Hall–Kier alpha value is -2.39. The molecule has 0 saturated heterocycles. The van der Waals surface area contributed by atoms with E-state index in [4.69, 9.17) is 16.3 Å². The number of halogens is 1. The summed E-state index contributed by atoms with van der Waals surface area (Å²) in [6.07, 6.45) is -0.192. The fourth-order valence-corrected chi connectivity index (χ4v) is 2.69. The quantitative estimate of drug-likeness (QED) is 0.597. The number of hydrogen-bond acceptors (Lipinski definition) is 3. The van der Waals surface area contributed by atoms with Crippen LogP contribution in [0.5, 0.6) is 0 Å². The van der Waals surface area contributed by atoms with Gasteiger partial charge >= 0.3 is 5.97 Å². The Kier molecular flexibility index (Phi) is 4.54. The van der Waals surface area contributed by atoms with Gasteiger partial charge in [-0.1, -0.05) is 41.4 Å². The maximum absolute atomic E-state index is 12.5. The second-order valence-electron chi connectivity index (χ2n) is 6.04. The predicted molar refractivity (Wildman–Crippen MR) is 97.5 cm³/mol. The zero-order chi connectivity index (χ0) is 17.3. The van der Waals surface area contributed by atoms with Crippen molar-refractivity contribution in [3.63, 3.8) is 0 Å². The third-order valence-corrected chi connectivity index (χ3v) is 3.92. The Labute approximate surface area is 146 Å². The highest BCUT2D eigenvalue weighted by Crippen LogP contribution is 2.28. The molecule has 0 saturated carbocycles. The van der Waals surface area contributed by atoms with Gasteiger partial charge in [0.15, 0.2) is 0 Å². The van der Waals surface area contributed by atoms with Crippen molar-refractivity contribution in [1.29, 1.82) is 0 Å².